The number of methoxy groups -OCH3 is 1. The molecular formula is C11H9N5O3. The van der Waals surface area contributed by atoms with Crippen LogP contribution in [-0.2, 0) is 0 Å². The van der Waals surface area contributed by atoms with Gasteiger partial charge in [0.05, 0.1) is 19.0 Å². The summed E-state index contributed by atoms with van der Waals surface area (Å²) < 4.78 is 5.00. The van der Waals surface area contributed by atoms with Crippen LogP contribution in [0.25, 0.3) is 22.7 Å². The number of fused-ring (bicyclic) bond motifs is 1. The van der Waals surface area contributed by atoms with Crippen molar-refractivity contribution in [1.29, 1.82) is 0 Å². The van der Waals surface area contributed by atoms with E-state index in [9.17, 15) is 4.79 Å². The maximum Gasteiger partial charge on any atom is 0.354 e. The fourth-order valence-corrected chi connectivity index (χ4v) is 1.74. The number of aromatic carboxylic acids is 1. The Morgan fingerprint density at radius 2 is 2.21 bits per heavy atom. The van der Waals surface area contributed by atoms with Gasteiger partial charge in [0.15, 0.2) is 17.2 Å². The highest BCUT2D eigenvalue weighted by molar-refractivity contribution is 5.92. The summed E-state index contributed by atoms with van der Waals surface area (Å²) in [5.74, 6) is -0.320. The van der Waals surface area contributed by atoms with Crippen molar-refractivity contribution in [2.45, 2.75) is 0 Å². The summed E-state index contributed by atoms with van der Waals surface area (Å²) in [6.07, 6.45) is 1.31. The third kappa shape index (κ3) is 1.79. The van der Waals surface area contributed by atoms with Gasteiger partial charge in [0.25, 0.3) is 0 Å². The van der Waals surface area contributed by atoms with Gasteiger partial charge in [-0.3, -0.25) is 0 Å². The molecule has 0 unspecified atom stereocenters. The molecule has 0 aliphatic carbocycles. The monoisotopic (exact) mass is 259 g/mol. The highest BCUT2D eigenvalue weighted by Gasteiger charge is 2.18. The van der Waals surface area contributed by atoms with E-state index in [1.807, 2.05) is 0 Å². The van der Waals surface area contributed by atoms with Gasteiger partial charge in [-0.1, -0.05) is 0 Å². The van der Waals surface area contributed by atoms with Crippen molar-refractivity contribution in [3.05, 3.63) is 24.2 Å². The first-order chi connectivity index (χ1) is 9.19. The smallest absolute Gasteiger partial charge is 0.354 e. The zero-order valence-electron chi connectivity index (χ0n) is 9.84. The molecule has 3 heterocycles. The average Bonchev–Trinajstić information content (AvgIpc) is 3.03. The Morgan fingerprint density at radius 3 is 2.95 bits per heavy atom. The lowest BCUT2D eigenvalue weighted by atomic mass is 10.3. The van der Waals surface area contributed by atoms with Gasteiger partial charge in [0, 0.05) is 6.07 Å². The Balaban J connectivity index is 2.15. The van der Waals surface area contributed by atoms with Crippen molar-refractivity contribution >= 4 is 17.1 Å². The van der Waals surface area contributed by atoms with E-state index in [2.05, 4.69) is 24.9 Å². The lowest BCUT2D eigenvalue weighted by molar-refractivity contribution is 0.0692. The number of H-pyrrole nitrogens is 2. The van der Waals surface area contributed by atoms with Crippen LogP contribution in [0.1, 0.15) is 10.5 Å². The van der Waals surface area contributed by atoms with E-state index in [-0.39, 0.29) is 11.4 Å². The number of carboxylic acids is 1. The van der Waals surface area contributed by atoms with Crippen LogP contribution >= 0.6 is 0 Å². The maximum atomic E-state index is 11.0. The van der Waals surface area contributed by atoms with E-state index in [0.717, 1.165) is 0 Å². The summed E-state index contributed by atoms with van der Waals surface area (Å²) in [6.45, 7) is 0. The zero-order chi connectivity index (χ0) is 13.4. The second-order valence-corrected chi connectivity index (χ2v) is 3.74. The molecule has 0 aromatic carbocycles. The number of hydrogen-bond acceptors (Lipinski definition) is 5. The van der Waals surface area contributed by atoms with Crippen LogP contribution in [0.3, 0.4) is 0 Å². The molecular weight excluding hydrogens is 250 g/mol. The molecule has 3 N–H and O–H groups in total. The molecule has 0 saturated carbocycles. The van der Waals surface area contributed by atoms with Gasteiger partial charge in [0.1, 0.15) is 5.69 Å². The largest absolute Gasteiger partial charge is 0.481 e. The van der Waals surface area contributed by atoms with E-state index < -0.39 is 5.97 Å². The number of hydrogen-bond donors (Lipinski definition) is 3. The topological polar surface area (TPSA) is 117 Å². The number of imidazole rings is 2. The maximum absolute atomic E-state index is 11.0. The highest BCUT2D eigenvalue weighted by atomic mass is 16.5. The summed E-state index contributed by atoms with van der Waals surface area (Å²) in [5, 5.41) is 9.02. The second kappa shape index (κ2) is 4.09. The Hall–Kier alpha value is -2.90. The van der Waals surface area contributed by atoms with Crippen LogP contribution in [0.2, 0.25) is 0 Å². The molecule has 3 aromatic rings. The molecule has 19 heavy (non-hydrogen) atoms. The van der Waals surface area contributed by atoms with Crippen LogP contribution in [0.4, 0.5) is 0 Å². The van der Waals surface area contributed by atoms with Crippen molar-refractivity contribution in [1.82, 2.24) is 24.9 Å². The average molecular weight is 259 g/mol. The SMILES string of the molecule is COc1ccc2[nH]c(-c3nc[nH]c3C(=O)O)nc2n1. The van der Waals surface area contributed by atoms with Crippen LogP contribution in [0.15, 0.2) is 18.5 Å². The highest BCUT2D eigenvalue weighted by Crippen LogP contribution is 2.21. The normalized spacial score (nSPS) is 10.8. The lowest BCUT2D eigenvalue weighted by Gasteiger charge is -1.95. The number of carbonyl (C=O) groups is 1. The minimum atomic E-state index is -1.10. The van der Waals surface area contributed by atoms with Crippen LogP contribution in [0, 0.1) is 0 Å². The predicted molar refractivity (Wildman–Crippen MR) is 65.0 cm³/mol. The Morgan fingerprint density at radius 1 is 1.37 bits per heavy atom. The number of nitrogens with zero attached hydrogens (tertiary/aromatic N) is 3. The molecule has 0 fully saturated rings. The molecule has 3 aromatic heterocycles. The minimum Gasteiger partial charge on any atom is -0.481 e. The van der Waals surface area contributed by atoms with Crippen molar-refractivity contribution in [3.63, 3.8) is 0 Å². The van der Waals surface area contributed by atoms with Gasteiger partial charge in [0.2, 0.25) is 5.88 Å². The van der Waals surface area contributed by atoms with Gasteiger partial charge in [-0.15, -0.1) is 0 Å². The van der Waals surface area contributed by atoms with Crippen LogP contribution in [-0.4, -0.2) is 43.1 Å². The molecule has 0 atom stereocenters. The Kier molecular flexibility index (Phi) is 2.41. The number of carboxylic acid groups (broad SMARTS) is 1. The molecule has 0 aliphatic rings. The Labute approximate surface area is 106 Å². The number of ether oxygens (including phenoxy) is 1. The minimum absolute atomic E-state index is 0.0222. The quantitative estimate of drug-likeness (QED) is 0.647. The summed E-state index contributed by atoms with van der Waals surface area (Å²) in [6, 6.07) is 3.44. The second-order valence-electron chi connectivity index (χ2n) is 3.74. The van der Waals surface area contributed by atoms with Crippen LogP contribution < -0.4 is 4.74 Å². The molecule has 0 aliphatic heterocycles. The third-order valence-electron chi connectivity index (χ3n) is 2.61. The fourth-order valence-electron chi connectivity index (χ4n) is 1.74. The van der Waals surface area contributed by atoms with E-state index >= 15 is 0 Å². The molecule has 8 nitrogen and oxygen atoms in total. The summed E-state index contributed by atoms with van der Waals surface area (Å²) >= 11 is 0. The lowest BCUT2D eigenvalue weighted by Crippen LogP contribution is -1.99. The van der Waals surface area contributed by atoms with Gasteiger partial charge in [-0.2, -0.15) is 4.98 Å². The number of aromatic nitrogens is 5. The van der Waals surface area contributed by atoms with Gasteiger partial charge in [-0.25, -0.2) is 14.8 Å². The van der Waals surface area contributed by atoms with E-state index in [1.165, 1.54) is 13.4 Å². The van der Waals surface area contributed by atoms with Gasteiger partial charge >= 0.3 is 5.97 Å². The molecule has 0 amide bonds. The van der Waals surface area contributed by atoms with Crippen LogP contribution in [0.5, 0.6) is 5.88 Å². The van der Waals surface area contributed by atoms with E-state index in [1.54, 1.807) is 12.1 Å². The number of pyridine rings is 1. The fraction of sp³-hybridized carbons (Fsp3) is 0.0909. The van der Waals surface area contributed by atoms with Gasteiger partial charge < -0.3 is 19.8 Å². The predicted octanol–water partition coefficient (Wildman–Crippen LogP) is 1.05. The number of rotatable bonds is 3. The molecule has 0 radical (unpaired) electrons. The Bertz CT molecular complexity index is 761. The molecule has 0 bridgehead atoms. The summed E-state index contributed by atoms with van der Waals surface area (Å²) in [4.78, 5) is 28.9. The standard InChI is InChI=1S/C11H9N5O3/c1-19-6-3-2-5-9(15-6)16-10(14-5)7-8(11(17)18)13-4-12-7/h2-4H,1H3,(H,12,13)(H,17,18)(H,14,15,16). The van der Waals surface area contributed by atoms with Crippen molar-refractivity contribution < 1.29 is 14.6 Å². The van der Waals surface area contributed by atoms with Crippen molar-refractivity contribution in [2.24, 2.45) is 0 Å². The molecule has 8 heteroatoms. The third-order valence-corrected chi connectivity index (χ3v) is 2.61. The first-order valence-electron chi connectivity index (χ1n) is 5.37. The first-order valence-corrected chi connectivity index (χ1v) is 5.37. The molecule has 0 spiro atoms. The van der Waals surface area contributed by atoms with Gasteiger partial charge in [-0.05, 0) is 6.07 Å². The van der Waals surface area contributed by atoms with Crippen molar-refractivity contribution in [3.8, 4) is 17.4 Å². The first kappa shape index (κ1) is 11.2. The summed E-state index contributed by atoms with van der Waals surface area (Å²) in [5.41, 5.74) is 1.33. The summed E-state index contributed by atoms with van der Waals surface area (Å²) in [7, 11) is 1.51. The zero-order valence-corrected chi connectivity index (χ0v) is 9.84. The van der Waals surface area contributed by atoms with E-state index in [0.29, 0.717) is 22.9 Å². The van der Waals surface area contributed by atoms with Crippen molar-refractivity contribution in [2.75, 3.05) is 7.11 Å². The molecule has 96 valence electrons. The van der Waals surface area contributed by atoms with E-state index in [4.69, 9.17) is 9.84 Å². The number of nitrogens with one attached hydrogen (secondary N) is 2. The molecule has 3 rings (SSSR count). The molecule has 0 saturated heterocycles. The number of aromatic amines is 2.